The van der Waals surface area contributed by atoms with Gasteiger partial charge in [0.2, 0.25) is 11.8 Å². The summed E-state index contributed by atoms with van der Waals surface area (Å²) in [6, 6.07) is 32.5. The molecule has 1 saturated heterocycles. The number of nitrogens with one attached hydrogen (secondary N) is 1. The first-order valence-corrected chi connectivity index (χ1v) is 16.6. The summed E-state index contributed by atoms with van der Waals surface area (Å²) in [7, 11) is 1.55. The molecule has 1 N–H and O–H groups in total. The SMILES string of the molecule is COc1ccc(OCC(=O)OCC2=CS[C@@H]3C(NC(=O)Cc4ccccc4)C(=O)N3C2C(=O)OC(c2ccccc2)c2ccccc2)cc1. The van der Waals surface area contributed by atoms with Gasteiger partial charge in [0.1, 0.15) is 29.5 Å². The predicted molar refractivity (Wildman–Crippen MR) is 182 cm³/mol. The first kappa shape index (κ1) is 33.4. The lowest BCUT2D eigenvalue weighted by molar-refractivity contribution is -0.166. The molecule has 4 aromatic carbocycles. The Morgan fingerprint density at radius 3 is 2.02 bits per heavy atom. The van der Waals surface area contributed by atoms with Crippen molar-refractivity contribution < 1.29 is 38.1 Å². The zero-order chi connectivity index (χ0) is 34.2. The third kappa shape index (κ3) is 7.95. The van der Waals surface area contributed by atoms with Crippen LogP contribution in [-0.4, -0.2) is 66.4 Å². The molecule has 1 fully saturated rings. The molecule has 0 spiro atoms. The van der Waals surface area contributed by atoms with E-state index in [9.17, 15) is 19.2 Å². The van der Waals surface area contributed by atoms with Gasteiger partial charge < -0.3 is 29.2 Å². The van der Waals surface area contributed by atoms with Crippen LogP contribution in [0.15, 0.2) is 126 Å². The summed E-state index contributed by atoms with van der Waals surface area (Å²) < 4.78 is 22.4. The van der Waals surface area contributed by atoms with Gasteiger partial charge >= 0.3 is 11.9 Å². The van der Waals surface area contributed by atoms with Crippen molar-refractivity contribution in [2.75, 3.05) is 20.3 Å². The quantitative estimate of drug-likeness (QED) is 0.156. The highest BCUT2D eigenvalue weighted by molar-refractivity contribution is 8.03. The zero-order valence-corrected chi connectivity index (χ0v) is 27.4. The molecule has 10 nitrogen and oxygen atoms in total. The molecule has 0 radical (unpaired) electrons. The second-order valence-corrected chi connectivity index (χ2v) is 12.3. The van der Waals surface area contributed by atoms with E-state index < -0.39 is 41.4 Å². The van der Waals surface area contributed by atoms with E-state index in [2.05, 4.69) is 5.32 Å². The van der Waals surface area contributed by atoms with Gasteiger partial charge in [0.15, 0.2) is 18.8 Å². The highest BCUT2D eigenvalue weighted by atomic mass is 32.2. The Morgan fingerprint density at radius 1 is 0.816 bits per heavy atom. The van der Waals surface area contributed by atoms with Crippen LogP contribution < -0.4 is 14.8 Å². The van der Waals surface area contributed by atoms with Crippen LogP contribution in [0.3, 0.4) is 0 Å². The molecule has 0 aliphatic carbocycles. The molecule has 2 aliphatic heterocycles. The highest BCUT2D eigenvalue weighted by Crippen LogP contribution is 2.41. The molecule has 0 saturated carbocycles. The fourth-order valence-corrected chi connectivity index (χ4v) is 6.82. The van der Waals surface area contributed by atoms with E-state index in [1.807, 2.05) is 91.0 Å². The Balaban J connectivity index is 1.19. The molecule has 2 unspecified atom stereocenters. The standard InChI is InChI=1S/C38H34N2O8S/c1-45-29-17-19-30(20-18-29)46-23-32(42)47-22-28-24-49-37-33(39-31(41)21-25-11-5-2-6-12-25)36(43)40(37)34(28)38(44)48-35(26-13-7-3-8-14-26)27-15-9-4-10-16-27/h2-20,24,33-35,37H,21-23H2,1H3,(H,39,41)/t33?,34?,37-/m1/s1. The molecule has 3 atom stereocenters. The molecule has 0 aromatic heterocycles. The summed E-state index contributed by atoms with van der Waals surface area (Å²) >= 11 is 1.27. The molecule has 11 heteroatoms. The van der Waals surface area contributed by atoms with Crippen LogP contribution in [0.1, 0.15) is 22.8 Å². The number of benzene rings is 4. The summed E-state index contributed by atoms with van der Waals surface area (Å²) in [6.45, 7) is -0.646. The van der Waals surface area contributed by atoms with Crippen LogP contribution in [-0.2, 0) is 35.1 Å². The van der Waals surface area contributed by atoms with Gasteiger partial charge in [-0.1, -0.05) is 91.0 Å². The third-order valence-electron chi connectivity index (χ3n) is 8.07. The van der Waals surface area contributed by atoms with E-state index in [1.54, 1.807) is 36.8 Å². The van der Waals surface area contributed by atoms with Crippen molar-refractivity contribution in [1.82, 2.24) is 10.2 Å². The number of carbonyl (C=O) groups is 4. The molecule has 2 heterocycles. The van der Waals surface area contributed by atoms with E-state index in [0.717, 1.165) is 16.7 Å². The average molecular weight is 679 g/mol. The summed E-state index contributed by atoms with van der Waals surface area (Å²) in [5.74, 6) is -0.998. The largest absolute Gasteiger partial charge is 0.497 e. The smallest absolute Gasteiger partial charge is 0.344 e. The van der Waals surface area contributed by atoms with Crippen molar-refractivity contribution >= 4 is 35.5 Å². The maximum atomic E-state index is 14.1. The number of methoxy groups -OCH3 is 1. The second kappa shape index (κ2) is 15.6. The number of esters is 2. The Morgan fingerprint density at radius 2 is 1.41 bits per heavy atom. The molecular formula is C38H34N2O8S. The summed E-state index contributed by atoms with van der Waals surface area (Å²) in [4.78, 5) is 54.8. The Hall–Kier alpha value is -5.55. The third-order valence-corrected chi connectivity index (χ3v) is 9.29. The van der Waals surface area contributed by atoms with Crippen molar-refractivity contribution in [3.8, 4) is 11.5 Å². The number of amides is 2. The van der Waals surface area contributed by atoms with Gasteiger partial charge in [-0.15, -0.1) is 11.8 Å². The number of nitrogens with zero attached hydrogens (tertiary/aromatic N) is 1. The topological polar surface area (TPSA) is 120 Å². The maximum Gasteiger partial charge on any atom is 0.344 e. The summed E-state index contributed by atoms with van der Waals surface area (Å²) in [6.07, 6.45) is -0.652. The average Bonchev–Trinajstić information content (AvgIpc) is 3.15. The number of rotatable bonds is 13. The molecule has 0 bridgehead atoms. The van der Waals surface area contributed by atoms with Crippen LogP contribution in [0.5, 0.6) is 11.5 Å². The van der Waals surface area contributed by atoms with Gasteiger partial charge in [0.05, 0.1) is 13.5 Å². The first-order chi connectivity index (χ1) is 23.9. The molecule has 49 heavy (non-hydrogen) atoms. The van der Waals surface area contributed by atoms with Crippen LogP contribution in [0.2, 0.25) is 0 Å². The van der Waals surface area contributed by atoms with Crippen LogP contribution >= 0.6 is 11.8 Å². The molecule has 2 aliphatic rings. The molecule has 250 valence electrons. The van der Waals surface area contributed by atoms with Gasteiger partial charge in [0, 0.05) is 5.57 Å². The van der Waals surface area contributed by atoms with Crippen molar-refractivity contribution in [1.29, 1.82) is 0 Å². The lowest BCUT2D eigenvalue weighted by Gasteiger charge is -2.51. The minimum absolute atomic E-state index is 0.110. The fraction of sp³-hybridized carbons (Fsp3) is 0.211. The van der Waals surface area contributed by atoms with Crippen LogP contribution in [0.25, 0.3) is 0 Å². The Bertz CT molecular complexity index is 1760. The fourth-order valence-electron chi connectivity index (χ4n) is 5.61. The lowest BCUT2D eigenvalue weighted by atomic mass is 9.97. The molecule has 4 aromatic rings. The number of β-lactam (4-membered cyclic amide) rings is 1. The number of carbonyl (C=O) groups excluding carboxylic acids is 4. The predicted octanol–water partition coefficient (Wildman–Crippen LogP) is 4.85. The number of thioether (sulfide) groups is 1. The van der Waals surface area contributed by atoms with Gasteiger partial charge in [-0.25, -0.2) is 9.59 Å². The number of ether oxygens (including phenoxy) is 4. The van der Waals surface area contributed by atoms with Crippen molar-refractivity contribution in [3.05, 3.63) is 143 Å². The van der Waals surface area contributed by atoms with Crippen LogP contribution in [0, 0.1) is 0 Å². The Kier molecular flexibility index (Phi) is 10.6. The van der Waals surface area contributed by atoms with Gasteiger partial charge in [-0.2, -0.15) is 0 Å². The number of hydrogen-bond donors (Lipinski definition) is 1. The van der Waals surface area contributed by atoms with E-state index in [0.29, 0.717) is 17.1 Å². The zero-order valence-electron chi connectivity index (χ0n) is 26.6. The number of hydrogen-bond acceptors (Lipinski definition) is 9. The van der Waals surface area contributed by atoms with E-state index in [-0.39, 0.29) is 25.5 Å². The van der Waals surface area contributed by atoms with Crippen molar-refractivity contribution in [3.63, 3.8) is 0 Å². The first-order valence-electron chi connectivity index (χ1n) is 15.6. The van der Waals surface area contributed by atoms with Gasteiger partial charge in [0.25, 0.3) is 0 Å². The van der Waals surface area contributed by atoms with Crippen molar-refractivity contribution in [2.45, 2.75) is 30.0 Å². The van der Waals surface area contributed by atoms with Crippen molar-refractivity contribution in [2.24, 2.45) is 0 Å². The lowest BCUT2D eigenvalue weighted by Crippen LogP contribution is -2.74. The van der Waals surface area contributed by atoms with E-state index >= 15 is 0 Å². The van der Waals surface area contributed by atoms with Gasteiger partial charge in [-0.3, -0.25) is 9.59 Å². The normalized spacial score (nSPS) is 18.0. The maximum absolute atomic E-state index is 14.1. The minimum Gasteiger partial charge on any atom is -0.497 e. The number of fused-ring (bicyclic) bond motifs is 1. The van der Waals surface area contributed by atoms with Crippen LogP contribution in [0.4, 0.5) is 0 Å². The molecule has 2 amide bonds. The molecular weight excluding hydrogens is 644 g/mol. The highest BCUT2D eigenvalue weighted by Gasteiger charge is 2.56. The molecule has 6 rings (SSSR count). The van der Waals surface area contributed by atoms with E-state index in [4.69, 9.17) is 18.9 Å². The summed E-state index contributed by atoms with van der Waals surface area (Å²) in [5, 5.41) is 3.97. The minimum atomic E-state index is -1.19. The second-order valence-electron chi connectivity index (χ2n) is 11.3. The van der Waals surface area contributed by atoms with E-state index in [1.165, 1.54) is 16.7 Å². The Labute approximate surface area is 288 Å². The summed E-state index contributed by atoms with van der Waals surface area (Å²) in [5.41, 5.74) is 2.68. The monoisotopic (exact) mass is 678 g/mol. The van der Waals surface area contributed by atoms with Gasteiger partial charge in [-0.05, 0) is 46.4 Å².